The molecule has 0 aromatic heterocycles. The Morgan fingerprint density at radius 2 is 1.72 bits per heavy atom. The highest BCUT2D eigenvalue weighted by Gasteiger charge is 2.29. The van der Waals surface area contributed by atoms with E-state index in [0.717, 1.165) is 36.7 Å². The normalized spacial score (nSPS) is 19.6. The number of likely N-dealkylation sites (tertiary alicyclic amines) is 1. The fraction of sp³-hybridized carbons (Fsp3) is 0.478. The molecule has 0 spiro atoms. The van der Waals surface area contributed by atoms with Crippen LogP contribution in [0.4, 0.5) is 5.69 Å². The van der Waals surface area contributed by atoms with Crippen molar-refractivity contribution in [1.29, 1.82) is 0 Å². The molecule has 6 heteroatoms. The monoisotopic (exact) mass is 418 g/mol. The van der Waals surface area contributed by atoms with Gasteiger partial charge < -0.3 is 19.5 Å². The van der Waals surface area contributed by atoms with Crippen molar-refractivity contribution in [3.05, 3.63) is 47.0 Å². The molecule has 158 valence electrons. The van der Waals surface area contributed by atoms with Gasteiger partial charge in [0.15, 0.2) is 11.5 Å². The van der Waals surface area contributed by atoms with Crippen molar-refractivity contribution < 1.29 is 14.2 Å². The molecule has 1 fully saturated rings. The summed E-state index contributed by atoms with van der Waals surface area (Å²) in [5.74, 6) is 2.24. The fourth-order valence-electron chi connectivity index (χ4n) is 4.14. The molecule has 1 saturated heterocycles. The molecule has 2 atom stereocenters. The van der Waals surface area contributed by atoms with E-state index >= 15 is 0 Å². The number of anilines is 1. The maximum Gasteiger partial charge on any atom is 0.161 e. The number of nitrogens with one attached hydrogen (secondary N) is 1. The Morgan fingerprint density at radius 3 is 2.45 bits per heavy atom. The topological polar surface area (TPSA) is 43.0 Å². The molecule has 0 bridgehead atoms. The summed E-state index contributed by atoms with van der Waals surface area (Å²) in [5, 5.41) is 4.12. The minimum absolute atomic E-state index is 0.375. The second-order valence-electron chi connectivity index (χ2n) is 7.42. The van der Waals surface area contributed by atoms with Crippen molar-refractivity contribution in [2.75, 3.05) is 39.7 Å². The zero-order chi connectivity index (χ0) is 20.8. The molecule has 1 heterocycles. The summed E-state index contributed by atoms with van der Waals surface area (Å²) in [5.41, 5.74) is 2.29. The Kier molecular flexibility index (Phi) is 7.51. The van der Waals surface area contributed by atoms with Gasteiger partial charge in [-0.25, -0.2) is 0 Å². The Morgan fingerprint density at radius 1 is 0.966 bits per heavy atom. The van der Waals surface area contributed by atoms with Gasteiger partial charge in [0.2, 0.25) is 0 Å². The van der Waals surface area contributed by atoms with Crippen LogP contribution in [0.3, 0.4) is 0 Å². The highest BCUT2D eigenvalue weighted by molar-refractivity contribution is 6.32. The molecule has 0 amide bonds. The van der Waals surface area contributed by atoms with Gasteiger partial charge in [-0.2, -0.15) is 0 Å². The van der Waals surface area contributed by atoms with Crippen LogP contribution in [0.25, 0.3) is 0 Å². The van der Waals surface area contributed by atoms with E-state index in [9.17, 15) is 0 Å². The van der Waals surface area contributed by atoms with Gasteiger partial charge in [-0.3, -0.25) is 4.90 Å². The summed E-state index contributed by atoms with van der Waals surface area (Å²) < 4.78 is 16.2. The van der Waals surface area contributed by atoms with E-state index < -0.39 is 0 Å². The van der Waals surface area contributed by atoms with Crippen LogP contribution < -0.4 is 19.5 Å². The number of hydrogen-bond acceptors (Lipinski definition) is 5. The molecular weight excluding hydrogens is 388 g/mol. The van der Waals surface area contributed by atoms with Crippen LogP contribution in [0.2, 0.25) is 5.02 Å². The number of piperidine rings is 1. The van der Waals surface area contributed by atoms with Crippen molar-refractivity contribution in [2.45, 2.75) is 38.3 Å². The second kappa shape index (κ2) is 10.1. The summed E-state index contributed by atoms with van der Waals surface area (Å²) in [4.78, 5) is 2.59. The van der Waals surface area contributed by atoms with Gasteiger partial charge in [0.25, 0.3) is 0 Å². The van der Waals surface area contributed by atoms with Gasteiger partial charge in [0, 0.05) is 36.9 Å². The number of methoxy groups -OCH3 is 3. The molecule has 1 N–H and O–H groups in total. The Bertz CT molecular complexity index is 815. The molecule has 1 aliphatic rings. The quantitative estimate of drug-likeness (QED) is 0.622. The van der Waals surface area contributed by atoms with Gasteiger partial charge in [0.05, 0.1) is 26.4 Å². The van der Waals surface area contributed by atoms with E-state index in [4.69, 9.17) is 25.8 Å². The van der Waals surface area contributed by atoms with Crippen molar-refractivity contribution in [3.8, 4) is 17.2 Å². The van der Waals surface area contributed by atoms with Crippen LogP contribution in [0.1, 0.15) is 37.8 Å². The van der Waals surface area contributed by atoms with Crippen LogP contribution in [-0.2, 0) is 0 Å². The summed E-state index contributed by atoms with van der Waals surface area (Å²) >= 11 is 6.12. The number of nitrogens with zero attached hydrogens (tertiary/aromatic N) is 1. The molecule has 2 aromatic rings. The third kappa shape index (κ3) is 5.09. The molecule has 0 aliphatic carbocycles. The van der Waals surface area contributed by atoms with Gasteiger partial charge in [-0.05, 0) is 49.6 Å². The zero-order valence-corrected chi connectivity index (χ0v) is 18.5. The average Bonchev–Trinajstić information content (AvgIpc) is 2.75. The maximum atomic E-state index is 6.12. The summed E-state index contributed by atoms with van der Waals surface area (Å²) in [7, 11) is 4.99. The largest absolute Gasteiger partial charge is 0.495 e. The first-order valence-corrected chi connectivity index (χ1v) is 10.5. The van der Waals surface area contributed by atoms with Crippen LogP contribution in [0.15, 0.2) is 36.4 Å². The Hall–Kier alpha value is -2.11. The van der Waals surface area contributed by atoms with E-state index in [0.29, 0.717) is 22.9 Å². The molecule has 1 aliphatic heterocycles. The molecule has 5 nitrogen and oxygen atoms in total. The number of halogens is 1. The van der Waals surface area contributed by atoms with E-state index in [2.05, 4.69) is 29.3 Å². The Balaban J connectivity index is 1.70. The lowest BCUT2D eigenvalue weighted by Gasteiger charge is -2.41. The predicted molar refractivity (Wildman–Crippen MR) is 119 cm³/mol. The smallest absolute Gasteiger partial charge is 0.161 e. The lowest BCUT2D eigenvalue weighted by Crippen LogP contribution is -2.42. The van der Waals surface area contributed by atoms with Crippen LogP contribution in [-0.4, -0.2) is 45.4 Å². The molecule has 2 aromatic carbocycles. The zero-order valence-electron chi connectivity index (χ0n) is 17.7. The number of hydrogen-bond donors (Lipinski definition) is 1. The van der Waals surface area contributed by atoms with Crippen molar-refractivity contribution in [2.24, 2.45) is 0 Å². The first kappa shape index (κ1) is 21.6. The predicted octanol–water partition coefficient (Wildman–Crippen LogP) is 5.39. The molecular formula is C23H31ClN2O3. The minimum Gasteiger partial charge on any atom is -0.495 e. The first-order valence-electron chi connectivity index (χ1n) is 10.1. The number of rotatable bonds is 8. The van der Waals surface area contributed by atoms with E-state index in [1.54, 1.807) is 21.3 Å². The van der Waals surface area contributed by atoms with E-state index in [1.807, 2.05) is 24.3 Å². The van der Waals surface area contributed by atoms with E-state index in [-0.39, 0.29) is 0 Å². The van der Waals surface area contributed by atoms with Crippen LogP contribution >= 0.6 is 11.6 Å². The van der Waals surface area contributed by atoms with Gasteiger partial charge in [0.1, 0.15) is 5.75 Å². The molecule has 0 saturated carbocycles. The lowest BCUT2D eigenvalue weighted by atomic mass is 9.91. The Labute approximate surface area is 178 Å². The average molecular weight is 419 g/mol. The van der Waals surface area contributed by atoms with Crippen molar-refractivity contribution >= 4 is 17.3 Å². The van der Waals surface area contributed by atoms with E-state index in [1.165, 1.54) is 18.4 Å². The van der Waals surface area contributed by atoms with Crippen LogP contribution in [0.5, 0.6) is 17.2 Å². The van der Waals surface area contributed by atoms with Crippen LogP contribution in [0, 0.1) is 0 Å². The minimum atomic E-state index is 0.375. The molecule has 2 unspecified atom stereocenters. The summed E-state index contributed by atoms with van der Waals surface area (Å²) in [6.07, 6.45) is 3.60. The highest BCUT2D eigenvalue weighted by atomic mass is 35.5. The SMILES string of the molecule is COc1cc(NCCN2C(C)CCCC2c2ccc(OC)c(OC)c2)ccc1Cl. The summed E-state index contributed by atoms with van der Waals surface area (Å²) in [6.45, 7) is 4.11. The van der Waals surface area contributed by atoms with Crippen molar-refractivity contribution in [1.82, 2.24) is 4.90 Å². The number of ether oxygens (including phenoxy) is 3. The molecule has 3 rings (SSSR count). The standard InChI is InChI=1S/C23H31ClN2O3/c1-16-6-5-7-20(17-8-11-21(27-2)23(14-17)29-4)26(16)13-12-25-18-9-10-19(24)22(15-18)28-3/h8-11,14-16,20,25H,5-7,12-13H2,1-4H3. The van der Waals surface area contributed by atoms with Crippen molar-refractivity contribution in [3.63, 3.8) is 0 Å². The molecule has 29 heavy (non-hydrogen) atoms. The van der Waals surface area contributed by atoms with Gasteiger partial charge in [-0.15, -0.1) is 0 Å². The number of benzene rings is 2. The summed E-state index contributed by atoms with van der Waals surface area (Å²) in [6, 6.07) is 13.0. The third-order valence-corrected chi connectivity index (χ3v) is 6.02. The fourth-order valence-corrected chi connectivity index (χ4v) is 4.33. The van der Waals surface area contributed by atoms with Gasteiger partial charge in [-0.1, -0.05) is 24.1 Å². The lowest BCUT2D eigenvalue weighted by molar-refractivity contribution is 0.0975. The third-order valence-electron chi connectivity index (χ3n) is 5.71. The van der Waals surface area contributed by atoms with Gasteiger partial charge >= 0.3 is 0 Å². The second-order valence-corrected chi connectivity index (χ2v) is 7.83. The first-order chi connectivity index (χ1) is 14.1. The highest BCUT2D eigenvalue weighted by Crippen LogP contribution is 2.38. The maximum absolute atomic E-state index is 6.12. The molecule has 0 radical (unpaired) electrons.